The average molecular weight is 478 g/mol. The fourth-order valence-electron chi connectivity index (χ4n) is 4.68. The Balaban J connectivity index is 1.50. The maximum atomic E-state index is 10.9. The molecule has 35 heavy (non-hydrogen) atoms. The van der Waals surface area contributed by atoms with Gasteiger partial charge in [0.1, 0.15) is 5.69 Å². The summed E-state index contributed by atoms with van der Waals surface area (Å²) in [7, 11) is 0. The molecular weight excluding hydrogens is 438 g/mol. The first-order valence-electron chi connectivity index (χ1n) is 13.0. The number of aromatic nitrogens is 1. The molecule has 0 radical (unpaired) electrons. The van der Waals surface area contributed by atoms with Crippen LogP contribution in [0.1, 0.15) is 50.7 Å². The lowest BCUT2D eigenvalue weighted by atomic mass is 10.0. The molecule has 1 saturated heterocycles. The quantitative estimate of drug-likeness (QED) is 0.371. The molecule has 0 spiro atoms. The van der Waals surface area contributed by atoms with Gasteiger partial charge in [-0.25, -0.2) is 0 Å². The molecule has 0 bridgehead atoms. The van der Waals surface area contributed by atoms with E-state index in [4.69, 9.17) is 9.26 Å². The van der Waals surface area contributed by atoms with E-state index >= 15 is 0 Å². The summed E-state index contributed by atoms with van der Waals surface area (Å²) in [6, 6.07) is 20.6. The van der Waals surface area contributed by atoms with E-state index in [1.54, 1.807) is 0 Å². The van der Waals surface area contributed by atoms with E-state index in [0.717, 1.165) is 47.8 Å². The summed E-state index contributed by atoms with van der Waals surface area (Å²) in [6.45, 7) is 8.40. The normalized spacial score (nSPS) is 15.9. The second-order valence-corrected chi connectivity index (χ2v) is 9.57. The molecule has 0 saturated carbocycles. The predicted octanol–water partition coefficient (Wildman–Crippen LogP) is 5.51. The first-order valence-corrected chi connectivity index (χ1v) is 13.0. The van der Waals surface area contributed by atoms with E-state index in [9.17, 15) is 5.11 Å². The molecule has 2 heterocycles. The summed E-state index contributed by atoms with van der Waals surface area (Å²) in [6.07, 6.45) is 4.02. The second kappa shape index (κ2) is 12.9. The van der Waals surface area contributed by atoms with Crippen LogP contribution in [0.4, 0.5) is 5.88 Å². The smallest absolute Gasteiger partial charge is 0.232 e. The van der Waals surface area contributed by atoms with Gasteiger partial charge in [-0.05, 0) is 38.2 Å². The van der Waals surface area contributed by atoms with Crippen molar-refractivity contribution in [3.8, 4) is 11.3 Å². The molecule has 0 unspecified atom stereocenters. The van der Waals surface area contributed by atoms with Crippen molar-refractivity contribution in [3.63, 3.8) is 0 Å². The summed E-state index contributed by atoms with van der Waals surface area (Å²) in [5.74, 6) is 0.881. The van der Waals surface area contributed by atoms with Crippen LogP contribution in [-0.4, -0.2) is 53.6 Å². The maximum absolute atomic E-state index is 10.9. The monoisotopic (exact) mass is 477 g/mol. The molecule has 1 aliphatic heterocycles. The number of benzene rings is 2. The summed E-state index contributed by atoms with van der Waals surface area (Å²) in [4.78, 5) is 4.68. The Morgan fingerprint density at radius 2 is 1.71 bits per heavy atom. The highest BCUT2D eigenvalue weighted by Crippen LogP contribution is 2.34. The number of hydrogen-bond acceptors (Lipinski definition) is 6. The fourth-order valence-corrected chi connectivity index (χ4v) is 4.68. The van der Waals surface area contributed by atoms with Gasteiger partial charge in [-0.3, -0.25) is 4.90 Å². The van der Waals surface area contributed by atoms with Crippen LogP contribution < -0.4 is 4.90 Å². The van der Waals surface area contributed by atoms with Crippen LogP contribution in [0, 0.1) is 0 Å². The average Bonchev–Trinajstić information content (AvgIpc) is 3.33. The third-order valence-electron chi connectivity index (χ3n) is 6.90. The van der Waals surface area contributed by atoms with E-state index in [1.807, 2.05) is 48.5 Å². The highest BCUT2D eigenvalue weighted by atomic mass is 16.5. The van der Waals surface area contributed by atoms with Crippen molar-refractivity contribution in [1.29, 1.82) is 0 Å². The molecule has 1 N–H and O–H groups in total. The highest BCUT2D eigenvalue weighted by molar-refractivity contribution is 5.68. The Morgan fingerprint density at radius 1 is 1.03 bits per heavy atom. The van der Waals surface area contributed by atoms with Gasteiger partial charge in [0, 0.05) is 37.8 Å². The van der Waals surface area contributed by atoms with Crippen LogP contribution in [-0.2, 0) is 17.9 Å². The topological polar surface area (TPSA) is 62.0 Å². The molecule has 0 amide bonds. The van der Waals surface area contributed by atoms with Gasteiger partial charge < -0.3 is 19.3 Å². The van der Waals surface area contributed by atoms with Gasteiger partial charge in [0.25, 0.3) is 0 Å². The molecule has 188 valence electrons. The van der Waals surface area contributed by atoms with Crippen LogP contribution in [0.2, 0.25) is 0 Å². The van der Waals surface area contributed by atoms with Crippen LogP contribution in [0.3, 0.4) is 0 Å². The summed E-state index contributed by atoms with van der Waals surface area (Å²) < 4.78 is 11.8. The van der Waals surface area contributed by atoms with Crippen molar-refractivity contribution < 1.29 is 14.4 Å². The number of aliphatic hydroxyl groups is 1. The van der Waals surface area contributed by atoms with Gasteiger partial charge in [-0.2, -0.15) is 0 Å². The molecule has 0 aliphatic carbocycles. The third kappa shape index (κ3) is 6.94. The summed E-state index contributed by atoms with van der Waals surface area (Å²) >= 11 is 0. The zero-order valence-electron chi connectivity index (χ0n) is 21.1. The van der Waals surface area contributed by atoms with E-state index < -0.39 is 6.10 Å². The van der Waals surface area contributed by atoms with Crippen molar-refractivity contribution in [2.75, 3.05) is 31.1 Å². The van der Waals surface area contributed by atoms with Crippen LogP contribution in [0.5, 0.6) is 0 Å². The Morgan fingerprint density at radius 3 is 2.40 bits per heavy atom. The molecule has 1 fully saturated rings. The molecule has 2 atom stereocenters. The molecule has 3 aromatic rings. The molecule has 1 aromatic heterocycles. The minimum absolute atomic E-state index is 0.298. The Kier molecular flexibility index (Phi) is 9.35. The first kappa shape index (κ1) is 25.4. The van der Waals surface area contributed by atoms with Crippen LogP contribution >= 0.6 is 0 Å². The predicted molar refractivity (Wildman–Crippen MR) is 140 cm³/mol. The summed E-state index contributed by atoms with van der Waals surface area (Å²) in [5.41, 5.74) is 4.18. The number of nitrogens with zero attached hydrogens (tertiary/aromatic N) is 3. The van der Waals surface area contributed by atoms with Crippen molar-refractivity contribution >= 4 is 5.88 Å². The molecular formula is C29H39N3O3. The Hall–Kier alpha value is -2.67. The van der Waals surface area contributed by atoms with E-state index in [1.165, 1.54) is 19.3 Å². The van der Waals surface area contributed by atoms with Crippen molar-refractivity contribution in [2.45, 2.75) is 64.8 Å². The number of hydrogen-bond donors (Lipinski definition) is 1. The SMILES string of the molecule is CC[C@H](C)N(Cc1c(-c2ccccc2)noc1N1CCCCC1)C[C@H](O)COCc1ccccc1. The number of ether oxygens (including phenoxy) is 1. The minimum Gasteiger partial charge on any atom is -0.389 e. The molecule has 6 heteroatoms. The molecule has 6 nitrogen and oxygen atoms in total. The Bertz CT molecular complexity index is 1000. The lowest BCUT2D eigenvalue weighted by molar-refractivity contribution is 0.00147. The number of rotatable bonds is 12. The standard InChI is InChI=1S/C29H39N3O3/c1-3-23(2)32(19-26(33)22-34-21-24-13-7-4-8-14-24)20-27-28(25-15-9-5-10-16-25)30-35-29(27)31-17-11-6-12-18-31/h4-5,7-10,13-16,23,26,33H,3,6,11-12,17-22H2,1-2H3/t23-,26-/m0/s1. The maximum Gasteiger partial charge on any atom is 0.232 e. The van der Waals surface area contributed by atoms with Crippen molar-refractivity contribution in [3.05, 3.63) is 71.8 Å². The largest absolute Gasteiger partial charge is 0.389 e. The van der Waals surface area contributed by atoms with Crippen LogP contribution in [0.25, 0.3) is 11.3 Å². The molecule has 2 aromatic carbocycles. The van der Waals surface area contributed by atoms with Gasteiger partial charge in [-0.15, -0.1) is 0 Å². The highest BCUT2D eigenvalue weighted by Gasteiger charge is 2.27. The fraction of sp³-hybridized carbons (Fsp3) is 0.483. The first-order chi connectivity index (χ1) is 17.2. The summed E-state index contributed by atoms with van der Waals surface area (Å²) in [5, 5.41) is 15.4. The van der Waals surface area contributed by atoms with Gasteiger partial charge >= 0.3 is 0 Å². The van der Waals surface area contributed by atoms with Gasteiger partial charge in [0.15, 0.2) is 0 Å². The van der Waals surface area contributed by atoms with Gasteiger partial charge in [-0.1, -0.05) is 72.7 Å². The van der Waals surface area contributed by atoms with Gasteiger partial charge in [0.05, 0.1) is 24.9 Å². The van der Waals surface area contributed by atoms with Crippen LogP contribution in [0.15, 0.2) is 65.2 Å². The Labute approximate surface area is 209 Å². The van der Waals surface area contributed by atoms with E-state index in [0.29, 0.717) is 32.3 Å². The van der Waals surface area contributed by atoms with E-state index in [-0.39, 0.29) is 0 Å². The second-order valence-electron chi connectivity index (χ2n) is 9.57. The lowest BCUT2D eigenvalue weighted by Crippen LogP contribution is -2.40. The van der Waals surface area contributed by atoms with E-state index in [2.05, 4.69) is 40.9 Å². The number of aliphatic hydroxyl groups excluding tert-OH is 1. The van der Waals surface area contributed by atoms with Gasteiger partial charge in [0.2, 0.25) is 5.88 Å². The lowest BCUT2D eigenvalue weighted by Gasteiger charge is -2.32. The minimum atomic E-state index is -0.578. The molecule has 1 aliphatic rings. The number of piperidine rings is 1. The van der Waals surface area contributed by atoms with Crippen molar-refractivity contribution in [1.82, 2.24) is 10.1 Å². The zero-order valence-corrected chi connectivity index (χ0v) is 21.1. The third-order valence-corrected chi connectivity index (χ3v) is 6.90. The number of anilines is 1. The molecule has 4 rings (SSSR count). The zero-order chi connectivity index (χ0) is 24.5. The van der Waals surface area contributed by atoms with Crippen molar-refractivity contribution in [2.24, 2.45) is 0 Å².